The Hall–Kier alpha value is -3.04. The molecule has 0 spiro atoms. The molecule has 4 rings (SSSR count). The molecule has 0 amide bonds. The molecular formula is C29H26Cl2N4S. The number of thioether (sulfide) groups is 1. The minimum atomic E-state index is 0.358. The second-order valence-electron chi connectivity index (χ2n) is 8.71. The van der Waals surface area contributed by atoms with E-state index in [4.69, 9.17) is 23.2 Å². The molecule has 3 aromatic carbocycles. The van der Waals surface area contributed by atoms with Crippen molar-refractivity contribution in [2.45, 2.75) is 45.5 Å². The normalized spacial score (nSPS) is 11.6. The van der Waals surface area contributed by atoms with Crippen LogP contribution in [0.2, 0.25) is 10.0 Å². The maximum atomic E-state index is 10.1. The predicted octanol–water partition coefficient (Wildman–Crippen LogP) is 8.47. The van der Waals surface area contributed by atoms with E-state index in [1.165, 1.54) is 33.4 Å². The summed E-state index contributed by atoms with van der Waals surface area (Å²) in [6, 6.07) is 17.3. The summed E-state index contributed by atoms with van der Waals surface area (Å²) in [7, 11) is 0. The van der Waals surface area contributed by atoms with Crippen molar-refractivity contribution in [2.24, 2.45) is 0 Å². The molecule has 36 heavy (non-hydrogen) atoms. The molecule has 4 nitrogen and oxygen atoms in total. The molecule has 0 bridgehead atoms. The monoisotopic (exact) mass is 532 g/mol. The van der Waals surface area contributed by atoms with Gasteiger partial charge >= 0.3 is 0 Å². The van der Waals surface area contributed by atoms with Crippen LogP contribution in [0.3, 0.4) is 0 Å². The largest absolute Gasteiger partial charge is 0.269 e. The molecule has 0 saturated carbocycles. The fraction of sp³-hybridized carbons (Fsp3) is 0.207. The second-order valence-corrected chi connectivity index (χ2v) is 10.5. The van der Waals surface area contributed by atoms with E-state index < -0.39 is 0 Å². The summed E-state index contributed by atoms with van der Waals surface area (Å²) in [6.07, 6.45) is 1.72. The third kappa shape index (κ3) is 5.08. The minimum absolute atomic E-state index is 0.358. The van der Waals surface area contributed by atoms with Crippen LogP contribution >= 0.6 is 35.0 Å². The van der Waals surface area contributed by atoms with Gasteiger partial charge in [-0.25, -0.2) is 0 Å². The van der Waals surface area contributed by atoms with Crippen LogP contribution in [0.4, 0.5) is 0 Å². The first-order chi connectivity index (χ1) is 17.2. The SMILES string of the molecule is Cc1c(C)c(C)c(CSc2nnc(C(C#N)=Cc3ccc(Cl)cc3Cl)n2-c2ccccc2)c(C)c1C. The Morgan fingerprint density at radius 2 is 1.56 bits per heavy atom. The Labute approximate surface area is 226 Å². The van der Waals surface area contributed by atoms with Crippen LogP contribution < -0.4 is 0 Å². The van der Waals surface area contributed by atoms with Crippen molar-refractivity contribution < 1.29 is 0 Å². The van der Waals surface area contributed by atoms with Crippen LogP contribution in [-0.4, -0.2) is 14.8 Å². The fourth-order valence-corrected chi connectivity index (χ4v) is 5.79. The van der Waals surface area contributed by atoms with Crippen LogP contribution in [0.5, 0.6) is 0 Å². The van der Waals surface area contributed by atoms with Gasteiger partial charge in [-0.3, -0.25) is 4.57 Å². The molecule has 1 heterocycles. The van der Waals surface area contributed by atoms with Gasteiger partial charge in [-0.2, -0.15) is 5.26 Å². The van der Waals surface area contributed by atoms with Gasteiger partial charge in [0, 0.05) is 21.5 Å². The van der Waals surface area contributed by atoms with Gasteiger partial charge in [0.25, 0.3) is 0 Å². The Bertz CT molecular complexity index is 1490. The van der Waals surface area contributed by atoms with Gasteiger partial charge in [0.1, 0.15) is 6.07 Å². The molecule has 0 unspecified atom stereocenters. The van der Waals surface area contributed by atoms with E-state index in [2.05, 4.69) is 50.9 Å². The van der Waals surface area contributed by atoms with Crippen molar-refractivity contribution in [3.8, 4) is 11.8 Å². The lowest BCUT2D eigenvalue weighted by Crippen LogP contribution is -2.04. The van der Waals surface area contributed by atoms with Crippen LogP contribution in [-0.2, 0) is 5.75 Å². The number of benzene rings is 3. The summed E-state index contributed by atoms with van der Waals surface area (Å²) < 4.78 is 1.93. The van der Waals surface area contributed by atoms with Gasteiger partial charge in [0.15, 0.2) is 11.0 Å². The lowest BCUT2D eigenvalue weighted by atomic mass is 9.90. The third-order valence-corrected chi connectivity index (χ3v) is 8.29. The van der Waals surface area contributed by atoms with Crippen molar-refractivity contribution >= 4 is 46.6 Å². The van der Waals surface area contributed by atoms with E-state index in [0.29, 0.717) is 32.2 Å². The van der Waals surface area contributed by atoms with Crippen molar-refractivity contribution in [3.05, 3.63) is 103 Å². The number of hydrogen-bond donors (Lipinski definition) is 0. The Morgan fingerprint density at radius 3 is 2.17 bits per heavy atom. The molecule has 0 radical (unpaired) electrons. The Kier molecular flexibility index (Phi) is 7.90. The fourth-order valence-electron chi connectivity index (χ4n) is 4.20. The van der Waals surface area contributed by atoms with Crippen molar-refractivity contribution in [2.75, 3.05) is 0 Å². The van der Waals surface area contributed by atoms with Gasteiger partial charge < -0.3 is 0 Å². The zero-order valence-electron chi connectivity index (χ0n) is 20.9. The lowest BCUT2D eigenvalue weighted by molar-refractivity contribution is 0.879. The number of aromatic nitrogens is 3. The summed E-state index contributed by atoms with van der Waals surface area (Å²) in [6.45, 7) is 10.9. The van der Waals surface area contributed by atoms with Crippen LogP contribution in [0.15, 0.2) is 53.7 Å². The maximum absolute atomic E-state index is 10.1. The molecule has 0 aliphatic carbocycles. The number of nitriles is 1. The average Bonchev–Trinajstić information content (AvgIpc) is 3.30. The Balaban J connectivity index is 1.79. The highest BCUT2D eigenvalue weighted by molar-refractivity contribution is 7.98. The molecule has 0 N–H and O–H groups in total. The third-order valence-electron chi connectivity index (χ3n) is 6.77. The van der Waals surface area contributed by atoms with Crippen molar-refractivity contribution in [1.29, 1.82) is 5.26 Å². The Morgan fingerprint density at radius 1 is 0.917 bits per heavy atom. The highest BCUT2D eigenvalue weighted by Gasteiger charge is 2.20. The van der Waals surface area contributed by atoms with Crippen molar-refractivity contribution in [3.63, 3.8) is 0 Å². The summed E-state index contributed by atoms with van der Waals surface area (Å²) in [5, 5.41) is 20.7. The van der Waals surface area contributed by atoms with Crippen LogP contribution in [0, 0.1) is 45.9 Å². The number of para-hydroxylation sites is 1. The summed E-state index contributed by atoms with van der Waals surface area (Å²) in [4.78, 5) is 0. The van der Waals surface area contributed by atoms with Gasteiger partial charge in [-0.05, 0) is 104 Å². The zero-order chi connectivity index (χ0) is 26.0. The number of halogens is 2. The first kappa shape index (κ1) is 26.0. The summed E-state index contributed by atoms with van der Waals surface area (Å²) >= 11 is 14.0. The number of nitrogens with zero attached hydrogens (tertiary/aromatic N) is 4. The van der Waals surface area contributed by atoms with E-state index in [9.17, 15) is 5.26 Å². The van der Waals surface area contributed by atoms with E-state index in [1.54, 1.807) is 36.0 Å². The van der Waals surface area contributed by atoms with Gasteiger partial charge in [0.05, 0.1) is 5.57 Å². The zero-order valence-corrected chi connectivity index (χ0v) is 23.2. The molecule has 182 valence electrons. The summed E-state index contributed by atoms with van der Waals surface area (Å²) in [5.74, 6) is 1.21. The lowest BCUT2D eigenvalue weighted by Gasteiger charge is -2.18. The molecule has 0 aliphatic rings. The van der Waals surface area contributed by atoms with Crippen LogP contribution in [0.25, 0.3) is 17.3 Å². The molecule has 0 atom stereocenters. The molecule has 1 aromatic heterocycles. The molecule has 4 aromatic rings. The van der Waals surface area contributed by atoms with E-state index >= 15 is 0 Å². The van der Waals surface area contributed by atoms with E-state index in [0.717, 1.165) is 11.4 Å². The molecule has 0 fully saturated rings. The van der Waals surface area contributed by atoms with Gasteiger partial charge in [-0.15, -0.1) is 10.2 Å². The van der Waals surface area contributed by atoms with E-state index in [1.807, 2.05) is 34.9 Å². The number of rotatable bonds is 6. The maximum Gasteiger partial charge on any atom is 0.196 e. The number of allylic oxidation sites excluding steroid dienone is 1. The average molecular weight is 534 g/mol. The molecular weight excluding hydrogens is 507 g/mol. The highest BCUT2D eigenvalue weighted by atomic mass is 35.5. The highest BCUT2D eigenvalue weighted by Crippen LogP contribution is 2.34. The minimum Gasteiger partial charge on any atom is -0.269 e. The van der Waals surface area contributed by atoms with Crippen LogP contribution in [0.1, 0.15) is 44.8 Å². The summed E-state index contributed by atoms with van der Waals surface area (Å²) in [5.41, 5.74) is 9.86. The topological polar surface area (TPSA) is 54.5 Å². The smallest absolute Gasteiger partial charge is 0.196 e. The van der Waals surface area contributed by atoms with Crippen molar-refractivity contribution in [1.82, 2.24) is 14.8 Å². The molecule has 0 saturated heterocycles. The predicted molar refractivity (Wildman–Crippen MR) is 151 cm³/mol. The van der Waals surface area contributed by atoms with E-state index in [-0.39, 0.29) is 0 Å². The quantitative estimate of drug-likeness (QED) is 0.184. The van der Waals surface area contributed by atoms with Gasteiger partial charge in [-0.1, -0.05) is 59.2 Å². The molecule has 7 heteroatoms. The number of hydrogen-bond acceptors (Lipinski definition) is 4. The standard InChI is InChI=1S/C29H26Cl2N4S/c1-17-18(2)20(4)26(21(5)19(17)3)16-36-29-34-33-28(35(29)25-9-7-6-8-10-25)23(15-32)13-22-11-12-24(30)14-27(22)31/h6-14H,16H2,1-5H3. The van der Waals surface area contributed by atoms with Gasteiger partial charge in [0.2, 0.25) is 0 Å². The molecule has 0 aliphatic heterocycles. The second kappa shape index (κ2) is 10.9. The first-order valence-corrected chi connectivity index (χ1v) is 13.2. The first-order valence-electron chi connectivity index (χ1n) is 11.5.